The Morgan fingerprint density at radius 1 is 1.47 bits per heavy atom. The number of hydrogen-bond donors (Lipinski definition) is 3. The van der Waals surface area contributed by atoms with Crippen molar-refractivity contribution < 1.29 is 24.9 Å². The van der Waals surface area contributed by atoms with Gasteiger partial charge >= 0.3 is 0 Å². The van der Waals surface area contributed by atoms with Gasteiger partial charge in [0.25, 0.3) is 0 Å². The molecule has 1 aromatic carbocycles. The largest absolute Gasteiger partial charge is 0.507 e. The van der Waals surface area contributed by atoms with Gasteiger partial charge in [0.05, 0.1) is 17.7 Å². The van der Waals surface area contributed by atoms with Gasteiger partial charge in [0.15, 0.2) is 6.29 Å². The second-order valence-corrected chi connectivity index (χ2v) is 3.83. The molecule has 0 heterocycles. The van der Waals surface area contributed by atoms with E-state index in [1.165, 1.54) is 13.0 Å². The van der Waals surface area contributed by atoms with Crippen LogP contribution in [-0.4, -0.2) is 27.4 Å². The highest BCUT2D eigenvalue weighted by Crippen LogP contribution is 2.36. The molecule has 0 saturated carbocycles. The molecule has 5 heteroatoms. The summed E-state index contributed by atoms with van der Waals surface area (Å²) >= 11 is 0. The molecule has 0 fully saturated rings. The number of aromatic hydroxyl groups is 2. The molecule has 1 atom stereocenters. The van der Waals surface area contributed by atoms with Gasteiger partial charge in [-0.1, -0.05) is 6.92 Å². The number of ketones is 1. The van der Waals surface area contributed by atoms with Gasteiger partial charge in [-0.25, -0.2) is 0 Å². The summed E-state index contributed by atoms with van der Waals surface area (Å²) in [4.78, 5) is 22.2. The van der Waals surface area contributed by atoms with E-state index in [1.54, 1.807) is 6.92 Å². The SMILES string of the molecule is CC(=O)[C@@H](C)c1cc(O)c(CO)c(O)c1C=O. The minimum absolute atomic E-state index is 0.0745. The molecule has 17 heavy (non-hydrogen) atoms. The normalized spacial score (nSPS) is 12.2. The highest BCUT2D eigenvalue weighted by Gasteiger charge is 2.22. The highest BCUT2D eigenvalue weighted by atomic mass is 16.3. The number of phenols is 2. The van der Waals surface area contributed by atoms with Crippen molar-refractivity contribution in [3.8, 4) is 11.5 Å². The lowest BCUT2D eigenvalue weighted by Crippen LogP contribution is -2.08. The third kappa shape index (κ3) is 2.29. The first kappa shape index (κ1) is 13.2. The van der Waals surface area contributed by atoms with Crippen molar-refractivity contribution in [1.82, 2.24) is 0 Å². The van der Waals surface area contributed by atoms with Gasteiger partial charge in [-0.15, -0.1) is 0 Å². The molecule has 0 radical (unpaired) electrons. The van der Waals surface area contributed by atoms with Crippen LogP contribution in [0.25, 0.3) is 0 Å². The van der Waals surface area contributed by atoms with Crippen molar-refractivity contribution in [2.45, 2.75) is 26.4 Å². The van der Waals surface area contributed by atoms with Gasteiger partial charge in [-0.3, -0.25) is 9.59 Å². The van der Waals surface area contributed by atoms with Crippen molar-refractivity contribution >= 4 is 12.1 Å². The minimum Gasteiger partial charge on any atom is -0.507 e. The Labute approximate surface area is 98.3 Å². The quantitative estimate of drug-likeness (QED) is 0.682. The third-order valence-corrected chi connectivity index (χ3v) is 2.81. The Morgan fingerprint density at radius 3 is 2.47 bits per heavy atom. The van der Waals surface area contributed by atoms with Gasteiger partial charge in [-0.2, -0.15) is 0 Å². The molecule has 0 bridgehead atoms. The zero-order valence-electron chi connectivity index (χ0n) is 9.60. The molecule has 5 nitrogen and oxygen atoms in total. The Morgan fingerprint density at radius 2 is 2.06 bits per heavy atom. The van der Waals surface area contributed by atoms with Crippen molar-refractivity contribution in [2.24, 2.45) is 0 Å². The van der Waals surface area contributed by atoms with Crippen LogP contribution in [0.2, 0.25) is 0 Å². The number of aldehydes is 1. The summed E-state index contributed by atoms with van der Waals surface area (Å²) in [6, 6.07) is 1.22. The van der Waals surface area contributed by atoms with Crippen LogP contribution in [-0.2, 0) is 11.4 Å². The molecule has 0 spiro atoms. The predicted molar refractivity (Wildman–Crippen MR) is 60.2 cm³/mol. The lowest BCUT2D eigenvalue weighted by Gasteiger charge is -2.15. The Kier molecular flexibility index (Phi) is 3.85. The molecular formula is C12H14O5. The van der Waals surface area contributed by atoms with Crippen molar-refractivity contribution in [2.75, 3.05) is 0 Å². The maximum absolute atomic E-state index is 11.3. The van der Waals surface area contributed by atoms with Crippen LogP contribution in [0.3, 0.4) is 0 Å². The van der Waals surface area contributed by atoms with Gasteiger partial charge in [0, 0.05) is 5.92 Å². The fourth-order valence-corrected chi connectivity index (χ4v) is 1.59. The third-order valence-electron chi connectivity index (χ3n) is 2.81. The lowest BCUT2D eigenvalue weighted by molar-refractivity contribution is -0.118. The maximum atomic E-state index is 11.3. The molecule has 0 amide bonds. The molecule has 1 rings (SSSR count). The standard InChI is InChI=1S/C12H14O5/c1-6(7(2)15)8-3-11(16)10(5-14)12(17)9(8)4-13/h3-4,6,14,16-17H,5H2,1-2H3/t6-/m1/s1. The van der Waals surface area contributed by atoms with E-state index in [1.807, 2.05) is 0 Å². The van der Waals surface area contributed by atoms with E-state index in [0.29, 0.717) is 6.29 Å². The van der Waals surface area contributed by atoms with Gasteiger partial charge in [-0.05, 0) is 18.6 Å². The van der Waals surface area contributed by atoms with Crippen molar-refractivity contribution in [3.05, 3.63) is 22.8 Å². The number of carbonyl (C=O) groups is 2. The number of hydrogen-bond acceptors (Lipinski definition) is 5. The van der Waals surface area contributed by atoms with E-state index in [0.717, 1.165) is 0 Å². The predicted octanol–water partition coefficient (Wildman–Crippen LogP) is 1.10. The average molecular weight is 238 g/mol. The molecule has 3 N–H and O–H groups in total. The summed E-state index contributed by atoms with van der Waals surface area (Å²) in [6.07, 6.45) is 0.405. The number of carbonyl (C=O) groups excluding carboxylic acids is 2. The molecule has 0 aromatic heterocycles. The first-order chi connectivity index (χ1) is 7.93. The Bertz CT molecular complexity index is 464. The van der Waals surface area contributed by atoms with E-state index in [2.05, 4.69) is 0 Å². The Hall–Kier alpha value is -1.88. The number of aliphatic hydroxyl groups is 1. The molecular weight excluding hydrogens is 224 g/mol. The van der Waals surface area contributed by atoms with E-state index < -0.39 is 18.3 Å². The summed E-state index contributed by atoms with van der Waals surface area (Å²) < 4.78 is 0. The number of Topliss-reactive ketones (excluding diaryl/α,β-unsaturated/α-hetero) is 1. The van der Waals surface area contributed by atoms with E-state index in [9.17, 15) is 19.8 Å². The van der Waals surface area contributed by atoms with E-state index in [-0.39, 0.29) is 28.2 Å². The maximum Gasteiger partial charge on any atom is 0.154 e. The van der Waals surface area contributed by atoms with Crippen LogP contribution in [0, 0.1) is 0 Å². The van der Waals surface area contributed by atoms with Crippen LogP contribution in [0.4, 0.5) is 0 Å². The summed E-state index contributed by atoms with van der Waals surface area (Å²) in [6.45, 7) is 2.34. The zero-order chi connectivity index (χ0) is 13.2. The summed E-state index contributed by atoms with van der Waals surface area (Å²) in [5.74, 6) is -1.62. The smallest absolute Gasteiger partial charge is 0.154 e. The second-order valence-electron chi connectivity index (χ2n) is 3.83. The molecule has 1 aromatic rings. The van der Waals surface area contributed by atoms with Crippen LogP contribution in [0.1, 0.15) is 41.3 Å². The molecule has 92 valence electrons. The topological polar surface area (TPSA) is 94.8 Å². The number of rotatable bonds is 4. The molecule has 0 aliphatic rings. The first-order valence-corrected chi connectivity index (χ1v) is 5.08. The highest BCUT2D eigenvalue weighted by molar-refractivity contribution is 5.90. The van der Waals surface area contributed by atoms with E-state index >= 15 is 0 Å². The van der Waals surface area contributed by atoms with Crippen LogP contribution in [0.5, 0.6) is 11.5 Å². The molecule has 0 unspecified atom stereocenters. The summed E-state index contributed by atoms with van der Waals surface area (Å²) in [7, 11) is 0. The number of aliphatic hydroxyl groups excluding tert-OH is 1. The van der Waals surface area contributed by atoms with Crippen LogP contribution >= 0.6 is 0 Å². The van der Waals surface area contributed by atoms with Crippen LogP contribution in [0.15, 0.2) is 6.07 Å². The fourth-order valence-electron chi connectivity index (χ4n) is 1.59. The summed E-state index contributed by atoms with van der Waals surface area (Å²) in [5, 5.41) is 28.2. The average Bonchev–Trinajstić information content (AvgIpc) is 2.27. The van der Waals surface area contributed by atoms with Crippen molar-refractivity contribution in [3.63, 3.8) is 0 Å². The van der Waals surface area contributed by atoms with E-state index in [4.69, 9.17) is 5.11 Å². The summed E-state index contributed by atoms with van der Waals surface area (Å²) in [5.41, 5.74) is 0.0563. The molecule has 0 aliphatic carbocycles. The zero-order valence-corrected chi connectivity index (χ0v) is 9.60. The van der Waals surface area contributed by atoms with Gasteiger partial charge < -0.3 is 15.3 Å². The van der Waals surface area contributed by atoms with Gasteiger partial charge in [0.2, 0.25) is 0 Å². The second kappa shape index (κ2) is 4.97. The first-order valence-electron chi connectivity index (χ1n) is 5.08. The lowest BCUT2D eigenvalue weighted by atomic mass is 9.91. The minimum atomic E-state index is -0.611. The monoisotopic (exact) mass is 238 g/mol. The van der Waals surface area contributed by atoms with Gasteiger partial charge in [0.1, 0.15) is 17.3 Å². The number of benzene rings is 1. The van der Waals surface area contributed by atoms with Crippen molar-refractivity contribution in [1.29, 1.82) is 0 Å². The van der Waals surface area contributed by atoms with Crippen LogP contribution < -0.4 is 0 Å². The molecule has 0 saturated heterocycles. The fraction of sp³-hybridized carbons (Fsp3) is 0.333. The Balaban J connectivity index is 3.52. The molecule has 0 aliphatic heterocycles.